The van der Waals surface area contributed by atoms with E-state index in [1.807, 2.05) is 37.3 Å². The van der Waals surface area contributed by atoms with Crippen LogP contribution in [0.2, 0.25) is 5.15 Å². The van der Waals surface area contributed by atoms with Crippen LogP contribution in [0, 0.1) is 6.92 Å². The van der Waals surface area contributed by atoms with E-state index in [9.17, 15) is 9.90 Å². The van der Waals surface area contributed by atoms with Crippen molar-refractivity contribution in [1.29, 1.82) is 0 Å². The minimum absolute atomic E-state index is 0.0450. The van der Waals surface area contributed by atoms with E-state index in [2.05, 4.69) is 40.9 Å². The average molecular weight is 474 g/mol. The number of rotatable bonds is 11. The predicted octanol–water partition coefficient (Wildman–Crippen LogP) is 5.02. The Bertz CT molecular complexity index is 1020. The number of aliphatic carboxylic acids is 1. The highest BCUT2D eigenvalue weighted by atomic mass is 35.5. The van der Waals surface area contributed by atoms with Crippen molar-refractivity contribution < 1.29 is 19.7 Å². The molecule has 0 amide bonds. The van der Waals surface area contributed by atoms with Gasteiger partial charge in [-0.3, -0.25) is 10.1 Å². The Hall–Kier alpha value is -2.61. The Kier molecular flexibility index (Phi) is 8.35. The number of benzene rings is 1. The van der Waals surface area contributed by atoms with E-state index in [1.165, 1.54) is 0 Å². The Labute approximate surface area is 199 Å². The summed E-state index contributed by atoms with van der Waals surface area (Å²) >= 11 is 6.14. The van der Waals surface area contributed by atoms with Gasteiger partial charge in [0.25, 0.3) is 0 Å². The van der Waals surface area contributed by atoms with Crippen LogP contribution in [0.3, 0.4) is 0 Å². The minimum Gasteiger partial charge on any atom is -0.486 e. The molecule has 3 unspecified atom stereocenters. The van der Waals surface area contributed by atoms with E-state index >= 15 is 0 Å². The highest BCUT2D eigenvalue weighted by molar-refractivity contribution is 6.30. The fraction of sp³-hybridized carbons (Fsp3) is 0.440. The Morgan fingerprint density at radius 1 is 1.33 bits per heavy atom. The number of ether oxygens (including phenoxy) is 1. The van der Waals surface area contributed by atoms with E-state index in [1.54, 1.807) is 6.33 Å². The highest BCUT2D eigenvalue weighted by Gasteiger charge is 2.28. The van der Waals surface area contributed by atoms with Crippen molar-refractivity contribution in [3.05, 3.63) is 76.6 Å². The molecule has 33 heavy (non-hydrogen) atoms. The van der Waals surface area contributed by atoms with Crippen molar-refractivity contribution >= 4 is 17.6 Å². The third kappa shape index (κ3) is 6.25. The lowest BCUT2D eigenvalue weighted by atomic mass is 9.92. The first-order valence-corrected chi connectivity index (χ1v) is 11.6. The molecular formula is C25H32ClN3O4. The molecule has 0 radical (unpaired) electrons. The number of aliphatic hydroxyl groups excluding tert-OH is 1. The van der Waals surface area contributed by atoms with Crippen molar-refractivity contribution in [3.63, 3.8) is 0 Å². The van der Waals surface area contributed by atoms with Gasteiger partial charge in [0.15, 0.2) is 0 Å². The van der Waals surface area contributed by atoms with Gasteiger partial charge < -0.3 is 19.5 Å². The molecule has 1 aliphatic carbocycles. The van der Waals surface area contributed by atoms with Gasteiger partial charge in [0.2, 0.25) is 0 Å². The first-order valence-electron chi connectivity index (χ1n) is 11.2. The minimum atomic E-state index is -0.911. The zero-order valence-electron chi connectivity index (χ0n) is 19.3. The maximum Gasteiger partial charge on any atom is 0.304 e. The molecule has 0 saturated heterocycles. The molecule has 0 aliphatic heterocycles. The Morgan fingerprint density at radius 2 is 2.03 bits per heavy atom. The van der Waals surface area contributed by atoms with Crippen molar-refractivity contribution in [3.8, 4) is 0 Å². The molecule has 3 atom stereocenters. The van der Waals surface area contributed by atoms with Gasteiger partial charge in [-0.1, -0.05) is 55.3 Å². The second-order valence-electron chi connectivity index (χ2n) is 8.55. The first kappa shape index (κ1) is 25.0. The van der Waals surface area contributed by atoms with Crippen molar-refractivity contribution in [2.45, 2.75) is 64.3 Å². The third-order valence-electron chi connectivity index (χ3n) is 5.95. The molecule has 1 aromatic heterocycles. The van der Waals surface area contributed by atoms with E-state index in [0.717, 1.165) is 36.3 Å². The maximum atomic E-state index is 10.6. The summed E-state index contributed by atoms with van der Waals surface area (Å²) in [6, 6.07) is 7.58. The summed E-state index contributed by atoms with van der Waals surface area (Å²) in [5.74, 6) is -0.0748. The molecule has 0 fully saturated rings. The van der Waals surface area contributed by atoms with Crippen molar-refractivity contribution in [2.75, 3.05) is 6.54 Å². The molecule has 3 rings (SSSR count). The van der Waals surface area contributed by atoms with Crippen LogP contribution in [0.25, 0.3) is 0 Å². The standard InChI is InChI=1S/C25H32ClN3O4/c1-4-5-21(18-6-8-19(9-7-18)24(32)27-15-12-22(30)31)33-20-10-13-25(3,14-11-20)29-16-28-23(26)17(29)2/h6-11,13,16,21,24,27,32H,4-5,12,14-15H2,1-3H3,(H,30,31). The second-order valence-corrected chi connectivity index (χ2v) is 8.91. The summed E-state index contributed by atoms with van der Waals surface area (Å²) < 4.78 is 8.43. The molecule has 7 nitrogen and oxygen atoms in total. The average Bonchev–Trinajstić information content (AvgIpc) is 3.14. The fourth-order valence-corrected chi connectivity index (χ4v) is 4.06. The van der Waals surface area contributed by atoms with E-state index in [0.29, 0.717) is 10.7 Å². The number of hydrogen-bond donors (Lipinski definition) is 3. The number of carboxylic acids is 1. The zero-order valence-corrected chi connectivity index (χ0v) is 20.0. The van der Waals surface area contributed by atoms with Crippen LogP contribution < -0.4 is 5.32 Å². The fourth-order valence-electron chi connectivity index (χ4n) is 3.92. The van der Waals surface area contributed by atoms with E-state index < -0.39 is 12.2 Å². The van der Waals surface area contributed by atoms with Gasteiger partial charge in [0.1, 0.15) is 23.2 Å². The molecular weight excluding hydrogens is 442 g/mol. The van der Waals surface area contributed by atoms with Gasteiger partial charge in [0, 0.05) is 6.54 Å². The molecule has 178 valence electrons. The number of imidazole rings is 1. The molecule has 1 aromatic carbocycles. The summed E-state index contributed by atoms with van der Waals surface area (Å²) in [4.78, 5) is 14.8. The molecule has 1 aliphatic rings. The molecule has 0 saturated carbocycles. The summed E-state index contributed by atoms with van der Waals surface area (Å²) in [6.45, 7) is 6.42. The van der Waals surface area contributed by atoms with Gasteiger partial charge in [-0.2, -0.15) is 0 Å². The van der Waals surface area contributed by atoms with Gasteiger partial charge >= 0.3 is 5.97 Å². The molecule has 3 N–H and O–H groups in total. The normalized spacial score (nSPS) is 19.7. The number of aromatic nitrogens is 2. The highest BCUT2D eigenvalue weighted by Crippen LogP contribution is 2.34. The maximum absolute atomic E-state index is 10.6. The second kappa shape index (κ2) is 11.0. The number of nitrogens with one attached hydrogen (secondary N) is 1. The summed E-state index contributed by atoms with van der Waals surface area (Å²) in [7, 11) is 0. The lowest BCUT2D eigenvalue weighted by Gasteiger charge is -2.31. The summed E-state index contributed by atoms with van der Waals surface area (Å²) in [5.41, 5.74) is 2.40. The van der Waals surface area contributed by atoms with Gasteiger partial charge in [-0.25, -0.2) is 4.98 Å². The number of hydrogen-bond acceptors (Lipinski definition) is 5. The van der Waals surface area contributed by atoms with Gasteiger partial charge in [-0.05, 0) is 50.0 Å². The van der Waals surface area contributed by atoms with Gasteiger partial charge in [-0.15, -0.1) is 0 Å². The third-order valence-corrected chi connectivity index (χ3v) is 6.32. The van der Waals surface area contributed by atoms with Crippen LogP contribution >= 0.6 is 11.6 Å². The Morgan fingerprint density at radius 3 is 2.58 bits per heavy atom. The summed E-state index contributed by atoms with van der Waals surface area (Å²) in [5, 5.41) is 22.3. The van der Waals surface area contributed by atoms with Crippen LogP contribution in [-0.2, 0) is 15.1 Å². The van der Waals surface area contributed by atoms with Crippen molar-refractivity contribution in [1.82, 2.24) is 14.9 Å². The SMILES string of the molecule is CCCC(OC1=CCC(C)(n2cnc(Cl)c2C)C=C1)c1ccc(C(O)NCCC(=O)O)cc1. The van der Waals surface area contributed by atoms with Crippen LogP contribution in [0.5, 0.6) is 0 Å². The van der Waals surface area contributed by atoms with Crippen LogP contribution in [0.1, 0.15) is 68.7 Å². The van der Waals surface area contributed by atoms with Crippen molar-refractivity contribution in [2.24, 2.45) is 0 Å². The van der Waals surface area contributed by atoms with E-state index in [4.69, 9.17) is 21.4 Å². The largest absolute Gasteiger partial charge is 0.486 e. The molecule has 1 heterocycles. The van der Waals surface area contributed by atoms with Crippen LogP contribution in [0.15, 0.2) is 54.6 Å². The lowest BCUT2D eigenvalue weighted by Crippen LogP contribution is -2.29. The molecule has 8 heteroatoms. The zero-order chi connectivity index (χ0) is 24.0. The Balaban J connectivity index is 1.65. The predicted molar refractivity (Wildman–Crippen MR) is 128 cm³/mol. The summed E-state index contributed by atoms with van der Waals surface area (Å²) in [6.07, 6.45) is 9.52. The molecule has 2 aromatic rings. The first-order chi connectivity index (χ1) is 15.7. The monoisotopic (exact) mass is 473 g/mol. The van der Waals surface area contributed by atoms with Crippen LogP contribution in [0.4, 0.5) is 0 Å². The number of nitrogens with zero attached hydrogens (tertiary/aromatic N) is 2. The number of aliphatic hydroxyl groups is 1. The van der Waals surface area contributed by atoms with E-state index in [-0.39, 0.29) is 24.6 Å². The topological polar surface area (TPSA) is 96.6 Å². The number of halogens is 1. The molecule has 0 spiro atoms. The lowest BCUT2D eigenvalue weighted by molar-refractivity contribution is -0.137. The quantitative estimate of drug-likeness (QED) is 0.396. The molecule has 0 bridgehead atoms. The van der Waals surface area contributed by atoms with Gasteiger partial charge in [0.05, 0.1) is 24.0 Å². The number of allylic oxidation sites excluding steroid dienone is 3. The number of carbonyl (C=O) groups is 1. The smallest absolute Gasteiger partial charge is 0.304 e. The number of carboxylic acid groups (broad SMARTS) is 1. The van der Waals surface area contributed by atoms with Crippen LogP contribution in [-0.4, -0.2) is 32.3 Å².